The van der Waals surface area contributed by atoms with Crippen LogP contribution in [-0.2, 0) is 9.53 Å². The summed E-state index contributed by atoms with van der Waals surface area (Å²) in [5, 5.41) is 7.65. The zero-order valence-corrected chi connectivity index (χ0v) is 18.1. The van der Waals surface area contributed by atoms with Gasteiger partial charge in [0.25, 0.3) is 0 Å². The first-order chi connectivity index (χ1) is 11.1. The highest BCUT2D eigenvalue weighted by Crippen LogP contribution is 2.28. The molecule has 3 atom stereocenters. The minimum atomic E-state index is 0. The van der Waals surface area contributed by atoms with Crippen LogP contribution in [0.2, 0.25) is 0 Å². The number of nitrogens with one attached hydrogen (secondary N) is 2. The van der Waals surface area contributed by atoms with E-state index in [1.807, 2.05) is 11.8 Å². The number of halogens is 1. The van der Waals surface area contributed by atoms with E-state index in [2.05, 4.69) is 21.9 Å². The summed E-state index contributed by atoms with van der Waals surface area (Å²) in [4.78, 5) is 17.8. The van der Waals surface area contributed by atoms with Crippen molar-refractivity contribution in [3.8, 4) is 0 Å². The van der Waals surface area contributed by atoms with Gasteiger partial charge < -0.3 is 20.3 Å². The normalized spacial score (nSPS) is 26.8. The van der Waals surface area contributed by atoms with Gasteiger partial charge in [0.2, 0.25) is 5.91 Å². The van der Waals surface area contributed by atoms with Gasteiger partial charge in [-0.2, -0.15) is 11.8 Å². The standard InChI is InChI=1S/C16H30N4O2S.HI/c1-20(2)15(21)10-18-16(17-9-12-6-7-22-11-12)19-13-4-5-14(8-13)23-3;/h12-14H,4-11H2,1-3H3,(H2,17,18,19);1H. The number of aliphatic imine (C=N–C) groups is 1. The molecule has 0 aromatic rings. The molecule has 1 aliphatic carbocycles. The second kappa shape index (κ2) is 11.4. The van der Waals surface area contributed by atoms with Gasteiger partial charge in [-0.3, -0.25) is 4.79 Å². The van der Waals surface area contributed by atoms with Gasteiger partial charge in [-0.15, -0.1) is 24.0 Å². The molecule has 2 fully saturated rings. The van der Waals surface area contributed by atoms with Crippen LogP contribution in [0.4, 0.5) is 0 Å². The Balaban J connectivity index is 0.00000288. The second-order valence-corrected chi connectivity index (χ2v) is 7.71. The molecular formula is C16H31IN4O2S. The minimum Gasteiger partial charge on any atom is -0.381 e. The molecule has 1 heterocycles. The second-order valence-electron chi connectivity index (χ2n) is 6.58. The molecule has 0 radical (unpaired) electrons. The van der Waals surface area contributed by atoms with E-state index in [-0.39, 0.29) is 36.4 Å². The smallest absolute Gasteiger partial charge is 0.243 e. The van der Waals surface area contributed by atoms with E-state index in [0.717, 1.165) is 43.8 Å². The zero-order valence-electron chi connectivity index (χ0n) is 14.9. The van der Waals surface area contributed by atoms with Crippen molar-refractivity contribution in [3.63, 3.8) is 0 Å². The molecule has 0 spiro atoms. The fraction of sp³-hybridized carbons (Fsp3) is 0.875. The van der Waals surface area contributed by atoms with E-state index in [1.165, 1.54) is 12.8 Å². The fourth-order valence-corrected chi connectivity index (χ4v) is 3.70. The van der Waals surface area contributed by atoms with Crippen LogP contribution in [0.3, 0.4) is 0 Å². The van der Waals surface area contributed by atoms with Gasteiger partial charge in [-0.05, 0) is 31.9 Å². The van der Waals surface area contributed by atoms with Gasteiger partial charge in [0.1, 0.15) is 6.54 Å². The molecule has 2 N–H and O–H groups in total. The Hall–Kier alpha value is -0.220. The summed E-state index contributed by atoms with van der Waals surface area (Å²) in [6, 6.07) is 0.452. The lowest BCUT2D eigenvalue weighted by Crippen LogP contribution is -2.45. The quantitative estimate of drug-likeness (QED) is 0.351. The number of nitrogens with zero attached hydrogens (tertiary/aromatic N) is 2. The molecular weight excluding hydrogens is 439 g/mol. The van der Waals surface area contributed by atoms with Crippen LogP contribution in [0.5, 0.6) is 0 Å². The number of thioether (sulfide) groups is 1. The van der Waals surface area contributed by atoms with Crippen molar-refractivity contribution in [2.45, 2.75) is 37.0 Å². The van der Waals surface area contributed by atoms with Gasteiger partial charge in [0.05, 0.1) is 6.61 Å². The van der Waals surface area contributed by atoms with Crippen molar-refractivity contribution in [1.29, 1.82) is 0 Å². The number of carbonyl (C=O) groups excluding carboxylic acids is 1. The molecule has 24 heavy (non-hydrogen) atoms. The summed E-state index contributed by atoms with van der Waals surface area (Å²) in [6.07, 6.45) is 6.85. The molecule has 1 aliphatic heterocycles. The molecule has 140 valence electrons. The third-order valence-electron chi connectivity index (χ3n) is 4.51. The van der Waals surface area contributed by atoms with E-state index in [9.17, 15) is 4.79 Å². The largest absolute Gasteiger partial charge is 0.381 e. The molecule has 1 amide bonds. The molecule has 3 unspecified atom stereocenters. The van der Waals surface area contributed by atoms with Crippen molar-refractivity contribution in [1.82, 2.24) is 15.5 Å². The molecule has 8 heteroatoms. The summed E-state index contributed by atoms with van der Waals surface area (Å²) in [5.74, 6) is 1.32. The molecule has 1 saturated carbocycles. The molecule has 1 saturated heterocycles. The highest BCUT2D eigenvalue weighted by Gasteiger charge is 2.25. The molecule has 0 aromatic carbocycles. The van der Waals surface area contributed by atoms with Crippen LogP contribution in [0.1, 0.15) is 25.7 Å². The maximum Gasteiger partial charge on any atom is 0.243 e. The minimum absolute atomic E-state index is 0. The number of likely N-dealkylation sites (N-methyl/N-ethyl adjacent to an activating group) is 1. The molecule has 2 rings (SSSR count). The number of amides is 1. The van der Waals surface area contributed by atoms with Gasteiger partial charge in [-0.1, -0.05) is 0 Å². The van der Waals surface area contributed by atoms with Crippen LogP contribution in [0.15, 0.2) is 4.99 Å². The van der Waals surface area contributed by atoms with Gasteiger partial charge in [-0.25, -0.2) is 4.99 Å². The van der Waals surface area contributed by atoms with E-state index in [1.54, 1.807) is 19.0 Å². The average Bonchev–Trinajstić information content (AvgIpc) is 3.20. The highest BCUT2D eigenvalue weighted by atomic mass is 127. The molecule has 0 bridgehead atoms. The van der Waals surface area contributed by atoms with Crippen molar-refractivity contribution in [3.05, 3.63) is 0 Å². The lowest BCUT2D eigenvalue weighted by atomic mass is 10.1. The number of guanidine groups is 1. The molecule has 2 aliphatic rings. The van der Waals surface area contributed by atoms with Crippen LogP contribution in [0.25, 0.3) is 0 Å². The Bertz CT molecular complexity index is 417. The van der Waals surface area contributed by atoms with Crippen molar-refractivity contribution in [2.24, 2.45) is 10.9 Å². The van der Waals surface area contributed by atoms with Crippen LogP contribution in [-0.4, -0.2) is 74.7 Å². The van der Waals surface area contributed by atoms with Crippen molar-refractivity contribution in [2.75, 3.05) is 46.7 Å². The summed E-state index contributed by atoms with van der Waals surface area (Å²) in [6.45, 7) is 2.70. The van der Waals surface area contributed by atoms with Gasteiger partial charge in [0, 0.05) is 44.5 Å². The average molecular weight is 470 g/mol. The van der Waals surface area contributed by atoms with Crippen molar-refractivity contribution < 1.29 is 9.53 Å². The first-order valence-corrected chi connectivity index (χ1v) is 9.72. The van der Waals surface area contributed by atoms with E-state index >= 15 is 0 Å². The predicted octanol–water partition coefficient (Wildman–Crippen LogP) is 1.55. The Morgan fingerprint density at radius 3 is 2.71 bits per heavy atom. The Morgan fingerprint density at radius 1 is 1.33 bits per heavy atom. The van der Waals surface area contributed by atoms with Gasteiger partial charge >= 0.3 is 0 Å². The molecule has 6 nitrogen and oxygen atoms in total. The topological polar surface area (TPSA) is 66.0 Å². The van der Waals surface area contributed by atoms with Crippen LogP contribution in [0, 0.1) is 5.92 Å². The van der Waals surface area contributed by atoms with E-state index in [4.69, 9.17) is 4.74 Å². The zero-order chi connectivity index (χ0) is 16.7. The Kier molecular flexibility index (Phi) is 10.4. The number of rotatable bonds is 6. The number of hydrogen-bond donors (Lipinski definition) is 2. The number of ether oxygens (including phenoxy) is 1. The number of carbonyl (C=O) groups is 1. The van der Waals surface area contributed by atoms with E-state index < -0.39 is 0 Å². The lowest BCUT2D eigenvalue weighted by Gasteiger charge is -2.19. The maximum absolute atomic E-state index is 11.8. The maximum atomic E-state index is 11.8. The summed E-state index contributed by atoms with van der Waals surface area (Å²) in [5.41, 5.74) is 0. The van der Waals surface area contributed by atoms with E-state index in [0.29, 0.717) is 12.0 Å². The molecule has 0 aromatic heterocycles. The monoisotopic (exact) mass is 470 g/mol. The number of hydrogen-bond acceptors (Lipinski definition) is 4. The third kappa shape index (κ3) is 7.35. The summed E-state index contributed by atoms with van der Waals surface area (Å²) < 4.78 is 5.42. The highest BCUT2D eigenvalue weighted by molar-refractivity contribution is 14.0. The predicted molar refractivity (Wildman–Crippen MR) is 111 cm³/mol. The summed E-state index contributed by atoms with van der Waals surface area (Å²) in [7, 11) is 3.52. The Labute approximate surface area is 166 Å². The first-order valence-electron chi connectivity index (χ1n) is 8.44. The third-order valence-corrected chi connectivity index (χ3v) is 5.61. The first kappa shape index (κ1) is 21.8. The summed E-state index contributed by atoms with van der Waals surface area (Å²) >= 11 is 1.94. The van der Waals surface area contributed by atoms with Gasteiger partial charge in [0.15, 0.2) is 5.96 Å². The lowest BCUT2D eigenvalue weighted by molar-refractivity contribution is -0.127. The Morgan fingerprint density at radius 2 is 2.12 bits per heavy atom. The van der Waals surface area contributed by atoms with Crippen LogP contribution < -0.4 is 10.6 Å². The van der Waals surface area contributed by atoms with Crippen molar-refractivity contribution >= 4 is 47.6 Å². The SMILES string of the molecule is CSC1CCC(NC(=NCC(=O)N(C)C)NCC2CCOC2)C1.I. The fourth-order valence-electron chi connectivity index (χ4n) is 2.90. The van der Waals surface area contributed by atoms with Crippen LogP contribution >= 0.6 is 35.7 Å².